The Labute approximate surface area is 239 Å². The van der Waals surface area contributed by atoms with Gasteiger partial charge in [-0.05, 0) is 53.9 Å². The minimum Gasteiger partial charge on any atom is -0.449 e. The third-order valence-corrected chi connectivity index (χ3v) is 8.10. The van der Waals surface area contributed by atoms with Crippen molar-refractivity contribution in [1.82, 2.24) is 20.8 Å². The summed E-state index contributed by atoms with van der Waals surface area (Å²) < 4.78 is 11.1. The largest absolute Gasteiger partial charge is 0.449 e. The Bertz CT molecular complexity index is 1310. The third-order valence-electron chi connectivity index (χ3n) is 8.10. The fourth-order valence-corrected chi connectivity index (χ4v) is 5.80. The molecule has 2 saturated heterocycles. The number of aromatic nitrogens is 2. The van der Waals surface area contributed by atoms with Crippen LogP contribution in [0.3, 0.4) is 0 Å². The Morgan fingerprint density at radius 1 is 0.927 bits per heavy atom. The summed E-state index contributed by atoms with van der Waals surface area (Å²) >= 11 is 0. The van der Waals surface area contributed by atoms with Crippen molar-refractivity contribution in [2.24, 2.45) is 5.92 Å². The molecule has 10 nitrogen and oxygen atoms in total. The number of hydroxylamine groups is 1. The molecular formula is C31H35N5O5. The molecular weight excluding hydrogens is 522 g/mol. The molecule has 10 heteroatoms. The van der Waals surface area contributed by atoms with Gasteiger partial charge in [-0.1, -0.05) is 48.5 Å². The van der Waals surface area contributed by atoms with Crippen molar-refractivity contribution in [3.63, 3.8) is 0 Å². The van der Waals surface area contributed by atoms with Gasteiger partial charge in [0.2, 0.25) is 5.95 Å². The molecule has 3 aromatic rings. The molecule has 41 heavy (non-hydrogen) atoms. The predicted molar refractivity (Wildman–Crippen MR) is 152 cm³/mol. The zero-order valence-corrected chi connectivity index (χ0v) is 23.0. The highest BCUT2D eigenvalue weighted by Gasteiger charge is 2.29. The predicted octanol–water partition coefficient (Wildman–Crippen LogP) is 4.42. The monoisotopic (exact) mass is 557 g/mol. The van der Waals surface area contributed by atoms with E-state index in [0.29, 0.717) is 37.2 Å². The van der Waals surface area contributed by atoms with Gasteiger partial charge in [-0.15, -0.1) is 0 Å². The van der Waals surface area contributed by atoms with E-state index in [-0.39, 0.29) is 12.0 Å². The minimum absolute atomic E-state index is 0.0484. The molecule has 1 aromatic heterocycles. The topological polar surface area (TPSA) is 115 Å². The molecule has 3 heterocycles. The molecule has 2 fully saturated rings. The summed E-state index contributed by atoms with van der Waals surface area (Å²) in [6, 6.07) is 16.6. The quantitative estimate of drug-likeness (QED) is 0.391. The molecule has 3 aliphatic rings. The Morgan fingerprint density at radius 2 is 1.61 bits per heavy atom. The third kappa shape index (κ3) is 6.34. The van der Waals surface area contributed by atoms with Crippen LogP contribution in [0, 0.1) is 5.92 Å². The first-order valence-corrected chi connectivity index (χ1v) is 14.4. The first-order valence-electron chi connectivity index (χ1n) is 14.4. The van der Waals surface area contributed by atoms with Gasteiger partial charge in [0.1, 0.15) is 6.61 Å². The maximum Gasteiger partial charge on any atom is 0.407 e. The Kier molecular flexibility index (Phi) is 8.39. The van der Waals surface area contributed by atoms with Crippen molar-refractivity contribution in [3.8, 4) is 11.1 Å². The van der Waals surface area contributed by atoms with E-state index in [4.69, 9.17) is 14.3 Å². The van der Waals surface area contributed by atoms with Crippen LogP contribution in [-0.2, 0) is 14.3 Å². The zero-order chi connectivity index (χ0) is 28.0. The number of fused-ring (bicyclic) bond motifs is 3. The van der Waals surface area contributed by atoms with Crippen molar-refractivity contribution in [3.05, 3.63) is 77.6 Å². The van der Waals surface area contributed by atoms with Gasteiger partial charge in [0.05, 0.1) is 5.56 Å². The summed E-state index contributed by atoms with van der Waals surface area (Å²) in [6.07, 6.45) is 6.79. The van der Waals surface area contributed by atoms with Gasteiger partial charge in [-0.25, -0.2) is 25.1 Å². The highest BCUT2D eigenvalue weighted by molar-refractivity contribution is 5.92. The van der Waals surface area contributed by atoms with Crippen LogP contribution in [0.1, 0.15) is 59.5 Å². The van der Waals surface area contributed by atoms with E-state index in [1.54, 1.807) is 0 Å². The van der Waals surface area contributed by atoms with Gasteiger partial charge in [0.15, 0.2) is 6.29 Å². The molecule has 6 rings (SSSR count). The molecule has 2 aromatic carbocycles. The summed E-state index contributed by atoms with van der Waals surface area (Å²) in [5.74, 6) is 0.577. The van der Waals surface area contributed by atoms with Gasteiger partial charge in [-0.3, -0.25) is 4.79 Å². The van der Waals surface area contributed by atoms with Crippen LogP contribution < -0.4 is 15.7 Å². The van der Waals surface area contributed by atoms with Crippen LogP contribution >= 0.6 is 0 Å². The molecule has 1 atom stereocenters. The van der Waals surface area contributed by atoms with Gasteiger partial charge in [-0.2, -0.15) is 0 Å². The van der Waals surface area contributed by atoms with Gasteiger partial charge >= 0.3 is 6.09 Å². The molecule has 0 bridgehead atoms. The summed E-state index contributed by atoms with van der Waals surface area (Å²) in [6.45, 7) is 3.05. The molecule has 2 amide bonds. The lowest BCUT2D eigenvalue weighted by molar-refractivity contribution is -0.186. The molecule has 0 radical (unpaired) electrons. The number of piperidine rings is 1. The van der Waals surface area contributed by atoms with Crippen LogP contribution in [0.2, 0.25) is 0 Å². The number of amides is 2. The van der Waals surface area contributed by atoms with Gasteiger partial charge in [0.25, 0.3) is 5.91 Å². The Morgan fingerprint density at radius 3 is 2.27 bits per heavy atom. The van der Waals surface area contributed by atoms with Crippen molar-refractivity contribution >= 4 is 17.9 Å². The van der Waals surface area contributed by atoms with E-state index >= 15 is 0 Å². The Balaban J connectivity index is 0.923. The second-order valence-corrected chi connectivity index (χ2v) is 10.8. The number of hydrogen-bond acceptors (Lipinski definition) is 8. The summed E-state index contributed by atoms with van der Waals surface area (Å²) in [4.78, 5) is 41.1. The van der Waals surface area contributed by atoms with Crippen LogP contribution in [0.4, 0.5) is 10.7 Å². The SMILES string of the molecule is O=C(NCC1CCN(c2ncc(C(=O)NOC3CCCCO3)cn2)CC1)OCC1c2ccccc2-c2ccccc21. The van der Waals surface area contributed by atoms with Gasteiger partial charge in [0, 0.05) is 51.0 Å². The van der Waals surface area contributed by atoms with Crippen molar-refractivity contribution in [2.75, 3.05) is 37.7 Å². The van der Waals surface area contributed by atoms with E-state index in [1.807, 2.05) is 24.3 Å². The number of nitrogens with one attached hydrogen (secondary N) is 2. The lowest BCUT2D eigenvalue weighted by Gasteiger charge is -2.32. The summed E-state index contributed by atoms with van der Waals surface area (Å²) in [7, 11) is 0. The maximum atomic E-state index is 12.6. The van der Waals surface area contributed by atoms with E-state index in [9.17, 15) is 9.59 Å². The maximum absolute atomic E-state index is 12.6. The number of hydrogen-bond donors (Lipinski definition) is 2. The van der Waals surface area contributed by atoms with Crippen LogP contribution in [0.25, 0.3) is 11.1 Å². The highest BCUT2D eigenvalue weighted by Crippen LogP contribution is 2.44. The normalized spacial score (nSPS) is 18.8. The molecule has 2 N–H and O–H groups in total. The van der Waals surface area contributed by atoms with E-state index in [2.05, 4.69) is 49.9 Å². The molecule has 214 valence electrons. The summed E-state index contributed by atoms with van der Waals surface area (Å²) in [5.41, 5.74) is 7.58. The smallest absolute Gasteiger partial charge is 0.407 e. The fourth-order valence-electron chi connectivity index (χ4n) is 5.80. The minimum atomic E-state index is -0.409. The lowest BCUT2D eigenvalue weighted by Crippen LogP contribution is -2.39. The molecule has 0 spiro atoms. The van der Waals surface area contributed by atoms with E-state index < -0.39 is 12.2 Å². The first-order chi connectivity index (χ1) is 20.2. The molecule has 2 aliphatic heterocycles. The highest BCUT2D eigenvalue weighted by atomic mass is 16.8. The van der Waals surface area contributed by atoms with Crippen molar-refractivity contribution < 1.29 is 23.9 Å². The molecule has 1 unspecified atom stereocenters. The Hall–Kier alpha value is -4.02. The number of ether oxygens (including phenoxy) is 2. The average molecular weight is 558 g/mol. The zero-order valence-electron chi connectivity index (χ0n) is 23.0. The number of carbonyl (C=O) groups is 2. The number of carbonyl (C=O) groups excluding carboxylic acids is 2. The second kappa shape index (κ2) is 12.7. The van der Waals surface area contributed by atoms with Crippen LogP contribution in [0.5, 0.6) is 0 Å². The first kappa shape index (κ1) is 27.2. The van der Waals surface area contributed by atoms with E-state index in [1.165, 1.54) is 34.6 Å². The number of anilines is 1. The van der Waals surface area contributed by atoms with Crippen molar-refractivity contribution in [2.45, 2.75) is 44.3 Å². The fraction of sp³-hybridized carbons (Fsp3) is 0.419. The lowest BCUT2D eigenvalue weighted by atomic mass is 9.97. The molecule has 1 aliphatic carbocycles. The van der Waals surface area contributed by atoms with Gasteiger partial charge < -0.3 is 19.7 Å². The number of alkyl carbamates (subject to hydrolysis) is 1. The number of benzene rings is 2. The van der Waals surface area contributed by atoms with Crippen LogP contribution in [0.15, 0.2) is 60.9 Å². The summed E-state index contributed by atoms with van der Waals surface area (Å²) in [5, 5.41) is 2.96. The molecule has 0 saturated carbocycles. The van der Waals surface area contributed by atoms with E-state index in [0.717, 1.165) is 45.2 Å². The number of rotatable bonds is 8. The average Bonchev–Trinajstić information content (AvgIpc) is 3.36. The second-order valence-electron chi connectivity index (χ2n) is 10.8. The number of nitrogens with zero attached hydrogens (tertiary/aromatic N) is 3. The van der Waals surface area contributed by atoms with Crippen LogP contribution in [-0.4, -0.2) is 61.1 Å². The standard InChI is InChI=1S/C31H35N5O5/c37-29(35-41-28-11-5-6-16-39-28)22-18-32-30(33-19-22)36-14-12-21(13-15-36)17-34-31(38)40-20-27-25-9-3-1-7-23(25)24-8-2-4-10-26(24)27/h1-4,7-10,18-19,21,27-28H,5-6,11-17,20H2,(H,34,38)(H,35,37). The van der Waals surface area contributed by atoms with Crippen molar-refractivity contribution in [1.29, 1.82) is 0 Å².